The number of rotatable bonds is 20. The second kappa shape index (κ2) is 22.4. The first-order valence-corrected chi connectivity index (χ1v) is 31.5. The highest BCUT2D eigenvalue weighted by Gasteiger charge is 2.79. The summed E-state index contributed by atoms with van der Waals surface area (Å²) in [7, 11) is -5.34. The summed E-state index contributed by atoms with van der Waals surface area (Å²) < 4.78 is 47.0. The van der Waals surface area contributed by atoms with Gasteiger partial charge >= 0.3 is 23.9 Å². The largest absolute Gasteiger partial charge is 0.456 e. The maximum atomic E-state index is 16.5. The van der Waals surface area contributed by atoms with Crippen LogP contribution < -0.4 is 5.32 Å². The summed E-state index contributed by atoms with van der Waals surface area (Å²) >= 11 is 0. The molecule has 1 aliphatic heterocycles. The zero-order valence-electron chi connectivity index (χ0n) is 45.6. The molecule has 2 N–H and O–H groups in total. The van der Waals surface area contributed by atoms with Gasteiger partial charge in [0, 0.05) is 38.0 Å². The number of ether oxygens (including phenoxy) is 5. The highest BCUT2D eigenvalue weighted by atomic mass is 28.4. The lowest BCUT2D eigenvalue weighted by molar-refractivity contribution is -0.344. The van der Waals surface area contributed by atoms with E-state index in [0.717, 1.165) is 0 Å². The van der Waals surface area contributed by atoms with Crippen molar-refractivity contribution in [3.05, 3.63) is 82.9 Å². The fourth-order valence-corrected chi connectivity index (χ4v) is 18.2. The number of aliphatic hydroxyl groups is 1. The fourth-order valence-electron chi connectivity index (χ4n) is 12.5. The van der Waals surface area contributed by atoms with Crippen molar-refractivity contribution in [3.8, 4) is 0 Å². The highest BCUT2D eigenvalue weighted by molar-refractivity contribution is 6.74. The summed E-state index contributed by atoms with van der Waals surface area (Å²) in [5, 5.41) is 17.5. The van der Waals surface area contributed by atoms with Gasteiger partial charge in [0.05, 0.1) is 35.6 Å². The van der Waals surface area contributed by atoms with E-state index in [-0.39, 0.29) is 30.1 Å². The first kappa shape index (κ1) is 57.7. The Morgan fingerprint density at radius 2 is 1.36 bits per heavy atom. The second-order valence-corrected chi connectivity index (χ2v) is 31.3. The molecule has 0 aromatic heterocycles. The molecule has 73 heavy (non-hydrogen) atoms. The number of hydrogen-bond acceptors (Lipinski definition) is 14. The lowest BCUT2D eigenvalue weighted by Gasteiger charge is -2.68. The molecule has 15 nitrogen and oxygen atoms in total. The van der Waals surface area contributed by atoms with Crippen LogP contribution in [0.25, 0.3) is 0 Å². The Morgan fingerprint density at radius 1 is 0.795 bits per heavy atom. The molecule has 8 unspecified atom stereocenters. The molecule has 2 aromatic carbocycles. The van der Waals surface area contributed by atoms with Crippen LogP contribution in [0.5, 0.6) is 0 Å². The third-order valence-corrected chi connectivity index (χ3v) is 26.8. The number of esters is 4. The number of benzene rings is 2. The van der Waals surface area contributed by atoms with Gasteiger partial charge in [-0.15, -0.1) is 0 Å². The Balaban J connectivity index is 1.66. The number of amides is 1. The number of nitrogens with one attached hydrogen (secondary N) is 1. The average molecular weight is 1050 g/mol. The first-order chi connectivity index (χ1) is 34.3. The summed E-state index contributed by atoms with van der Waals surface area (Å²) in [5.74, 6) is -5.96. The van der Waals surface area contributed by atoms with Gasteiger partial charge in [-0.1, -0.05) is 118 Å². The maximum Gasteiger partial charge on any atom is 0.338 e. The van der Waals surface area contributed by atoms with Gasteiger partial charge in [0.25, 0.3) is 0 Å². The van der Waals surface area contributed by atoms with E-state index in [9.17, 15) is 24.3 Å². The van der Waals surface area contributed by atoms with E-state index in [1.807, 2.05) is 51.1 Å². The minimum Gasteiger partial charge on any atom is -0.456 e. The molecule has 0 spiro atoms. The van der Waals surface area contributed by atoms with E-state index in [2.05, 4.69) is 26.1 Å². The minimum absolute atomic E-state index is 0.0996. The number of carbonyl (C=O) groups is 6. The third kappa shape index (κ3) is 10.4. The van der Waals surface area contributed by atoms with Gasteiger partial charge in [-0.05, 0) is 79.0 Å². The van der Waals surface area contributed by atoms with E-state index in [0.29, 0.717) is 47.4 Å². The van der Waals surface area contributed by atoms with Crippen molar-refractivity contribution in [2.24, 2.45) is 22.7 Å². The fraction of sp³-hybridized carbons (Fsp3) is 0.643. The molecule has 0 radical (unpaired) electrons. The number of Topliss-reactive ketones (excluding diaryl/α,β-unsaturated/α-hetero) is 1. The van der Waals surface area contributed by atoms with Crippen molar-refractivity contribution in [2.75, 3.05) is 6.61 Å². The number of carbonyl (C=O) groups excluding carboxylic acids is 6. The van der Waals surface area contributed by atoms with E-state index in [1.165, 1.54) is 13.8 Å². The first-order valence-electron chi connectivity index (χ1n) is 26.5. The third-order valence-electron chi connectivity index (χ3n) is 17.6. The molecule has 6 rings (SSSR count). The van der Waals surface area contributed by atoms with Crippen LogP contribution in [0.3, 0.4) is 0 Å². The van der Waals surface area contributed by atoms with Crippen molar-refractivity contribution in [1.82, 2.24) is 5.32 Å². The summed E-state index contributed by atoms with van der Waals surface area (Å²) in [6.07, 6.45) is -8.31. The van der Waals surface area contributed by atoms with Crippen molar-refractivity contribution >= 4 is 52.2 Å². The SMILES string of the molecule is CC[Si](CC)(CC)O[C@H]1CC2OCC2(OC(C)=O)C2C(OC(=O)c3ccccc3)C3(O)CC(OC(=O)[C@H](O[Si](CC)(CC)CC)C(NC(=O)C(C)C)c4ccccc4)C(C)=C(C(OC(C)=O)C(=O)[C@@]21C)C3(C)C. The van der Waals surface area contributed by atoms with Crippen LogP contribution in [0.15, 0.2) is 71.8 Å². The Labute approximate surface area is 434 Å². The number of ketones is 1. The van der Waals surface area contributed by atoms with Crippen molar-refractivity contribution < 1.29 is 66.4 Å². The van der Waals surface area contributed by atoms with Crippen LogP contribution in [0.4, 0.5) is 0 Å². The average Bonchev–Trinajstić information content (AvgIpc) is 3.36. The van der Waals surface area contributed by atoms with Gasteiger partial charge in [0.15, 0.2) is 40.2 Å². The molecule has 3 aliphatic carbocycles. The normalized spacial score (nSPS) is 29.5. The molecule has 2 bridgehead atoms. The molecular formula is C56H81NO14Si2. The maximum absolute atomic E-state index is 16.5. The Kier molecular flexibility index (Phi) is 17.7. The van der Waals surface area contributed by atoms with Crippen LogP contribution in [0.1, 0.15) is 132 Å². The molecule has 2 saturated carbocycles. The number of fused-ring (bicyclic) bond motifs is 5. The van der Waals surface area contributed by atoms with E-state index in [4.69, 9.17) is 32.5 Å². The van der Waals surface area contributed by atoms with Gasteiger partial charge in [0.1, 0.15) is 23.9 Å². The van der Waals surface area contributed by atoms with Gasteiger partial charge in [0.2, 0.25) is 5.91 Å². The van der Waals surface area contributed by atoms with Crippen LogP contribution in [0, 0.1) is 22.7 Å². The summed E-state index contributed by atoms with van der Waals surface area (Å²) in [4.78, 5) is 87.8. The summed E-state index contributed by atoms with van der Waals surface area (Å²) in [6.45, 7) is 24.8. The Bertz CT molecular complexity index is 2370. The summed E-state index contributed by atoms with van der Waals surface area (Å²) in [5.41, 5.74) is -6.16. The summed E-state index contributed by atoms with van der Waals surface area (Å²) in [6, 6.07) is 20.4. The molecule has 2 aromatic rings. The van der Waals surface area contributed by atoms with Crippen LogP contribution >= 0.6 is 0 Å². The molecule has 3 fully saturated rings. The molecular weight excluding hydrogens is 967 g/mol. The van der Waals surface area contributed by atoms with Crippen LogP contribution in [-0.2, 0) is 56.5 Å². The standard InChI is InChI=1S/C56H81NO14Si2/c1-15-72(16-2,17-3)70-41-31-42-55(33-65-42,69-37(11)59)47-49(68-51(62)39-29-25-22-26-30-39)56(64)32-40(35(9)43(53(56,12)13)45(66-36(10)58)48(60)54(41,47)14)67-52(63)46(71-73(18-4,19-5)20-6)44(57-50(61)34(7)8)38-27-23-21-24-28-38/h21-30,34,40-42,44-47,49,64H,15-20,31-33H2,1-14H3,(H,57,61)/t40?,41-,42?,44?,45?,46+,47?,49?,54+,55?,56?/m0/s1. The Morgan fingerprint density at radius 3 is 1.85 bits per heavy atom. The van der Waals surface area contributed by atoms with Gasteiger partial charge < -0.3 is 43.0 Å². The molecule has 402 valence electrons. The van der Waals surface area contributed by atoms with E-state index in [1.54, 1.807) is 71.9 Å². The quantitative estimate of drug-likeness (QED) is 0.0551. The predicted octanol–water partition coefficient (Wildman–Crippen LogP) is 9.14. The van der Waals surface area contributed by atoms with E-state index < -0.39 is 129 Å². The minimum atomic E-state index is -2.70. The molecule has 1 amide bonds. The predicted molar refractivity (Wildman–Crippen MR) is 279 cm³/mol. The van der Waals surface area contributed by atoms with Gasteiger partial charge in [-0.25, -0.2) is 9.59 Å². The Hall–Kier alpha value is -4.53. The number of hydrogen-bond donors (Lipinski definition) is 2. The smallest absolute Gasteiger partial charge is 0.338 e. The van der Waals surface area contributed by atoms with Crippen LogP contribution in [0.2, 0.25) is 36.3 Å². The van der Waals surface area contributed by atoms with Gasteiger partial charge in [-0.2, -0.15) is 0 Å². The van der Waals surface area contributed by atoms with Gasteiger partial charge in [-0.3, -0.25) is 19.2 Å². The van der Waals surface area contributed by atoms with E-state index >= 15 is 9.59 Å². The monoisotopic (exact) mass is 1050 g/mol. The highest BCUT2D eigenvalue weighted by Crippen LogP contribution is 2.65. The van der Waals surface area contributed by atoms with Crippen molar-refractivity contribution in [1.29, 1.82) is 0 Å². The van der Waals surface area contributed by atoms with Crippen molar-refractivity contribution in [3.63, 3.8) is 0 Å². The zero-order valence-corrected chi connectivity index (χ0v) is 47.6. The molecule has 1 heterocycles. The molecule has 4 aliphatic rings. The molecule has 17 heteroatoms. The second-order valence-electron chi connectivity index (χ2n) is 21.8. The molecule has 11 atom stereocenters. The lowest BCUT2D eigenvalue weighted by atomic mass is 9.44. The van der Waals surface area contributed by atoms with Crippen LogP contribution in [-0.4, -0.2) is 112 Å². The lowest BCUT2D eigenvalue weighted by Crippen LogP contribution is -2.82. The topological polar surface area (TPSA) is 199 Å². The zero-order chi connectivity index (χ0) is 54.1. The van der Waals surface area contributed by atoms with Crippen molar-refractivity contribution in [2.45, 2.75) is 200 Å². The molecule has 1 saturated heterocycles.